The van der Waals surface area contributed by atoms with Gasteiger partial charge in [-0.25, -0.2) is 0 Å². The Kier molecular flexibility index (Phi) is 8.04. The van der Waals surface area contributed by atoms with Crippen LogP contribution in [0.15, 0.2) is 47.5 Å². The van der Waals surface area contributed by atoms with Crippen molar-refractivity contribution in [1.82, 2.24) is 0 Å². The number of nitrogens with two attached hydrogens (primary N) is 1. The van der Waals surface area contributed by atoms with Crippen molar-refractivity contribution in [2.24, 2.45) is 10.7 Å². The molecule has 130 valence electrons. The Morgan fingerprint density at radius 3 is 2.29 bits per heavy atom. The number of hydrogen-bond acceptors (Lipinski definition) is 2. The number of rotatable bonds is 5. The largest absolute Gasteiger partial charge is 0.378 e. The van der Waals surface area contributed by atoms with E-state index in [2.05, 4.69) is 65.5 Å². The van der Waals surface area contributed by atoms with Crippen LogP contribution in [0.3, 0.4) is 0 Å². The number of nitrogens with zero attached hydrogens (tertiary/aromatic N) is 2. The first-order valence-electron chi connectivity index (χ1n) is 7.86. The average molecular weight is 438 g/mol. The third-order valence-corrected chi connectivity index (χ3v) is 3.91. The first-order valence-corrected chi connectivity index (χ1v) is 7.86. The molecule has 2 aromatic carbocycles. The fraction of sp³-hybridized carbons (Fsp3) is 0.316. The van der Waals surface area contributed by atoms with E-state index in [4.69, 9.17) is 5.73 Å². The number of anilines is 2. The van der Waals surface area contributed by atoms with E-state index < -0.39 is 0 Å². The Labute approximate surface area is 162 Å². The van der Waals surface area contributed by atoms with E-state index in [9.17, 15) is 0 Å². The smallest absolute Gasteiger partial charge is 0.193 e. The summed E-state index contributed by atoms with van der Waals surface area (Å²) in [6.07, 6.45) is 0.878. The second kappa shape index (κ2) is 9.52. The maximum absolute atomic E-state index is 5.95. The van der Waals surface area contributed by atoms with E-state index in [1.165, 1.54) is 22.4 Å². The minimum Gasteiger partial charge on any atom is -0.378 e. The zero-order valence-corrected chi connectivity index (χ0v) is 17.2. The molecule has 24 heavy (non-hydrogen) atoms. The summed E-state index contributed by atoms with van der Waals surface area (Å²) in [7, 11) is 4.08. The molecule has 0 aliphatic carbocycles. The molecule has 0 saturated carbocycles. The van der Waals surface area contributed by atoms with Crippen molar-refractivity contribution in [3.05, 3.63) is 59.2 Å². The first-order chi connectivity index (χ1) is 11.0. The third kappa shape index (κ3) is 6.03. The van der Waals surface area contributed by atoms with Gasteiger partial charge in [-0.15, -0.1) is 24.0 Å². The predicted octanol–water partition coefficient (Wildman–Crippen LogP) is 3.96. The van der Waals surface area contributed by atoms with E-state index >= 15 is 0 Å². The molecule has 0 saturated heterocycles. The van der Waals surface area contributed by atoms with Crippen LogP contribution >= 0.6 is 24.0 Å². The summed E-state index contributed by atoms with van der Waals surface area (Å²) in [5.41, 5.74) is 11.9. The second-order valence-corrected chi connectivity index (χ2v) is 6.00. The fourth-order valence-electron chi connectivity index (χ4n) is 2.27. The lowest BCUT2D eigenvalue weighted by atomic mass is 10.1. The SMILES string of the molecule is Cc1ccc(NC(N)=NCCc2ccc(N(C)C)cc2)cc1C.I. The summed E-state index contributed by atoms with van der Waals surface area (Å²) < 4.78 is 0. The summed E-state index contributed by atoms with van der Waals surface area (Å²) >= 11 is 0. The first kappa shape index (κ1) is 20.3. The number of aryl methyl sites for hydroxylation is 2. The number of benzene rings is 2. The Morgan fingerprint density at radius 2 is 1.71 bits per heavy atom. The highest BCUT2D eigenvalue weighted by molar-refractivity contribution is 14.0. The van der Waals surface area contributed by atoms with Crippen molar-refractivity contribution in [1.29, 1.82) is 0 Å². The van der Waals surface area contributed by atoms with Crippen LogP contribution in [0.25, 0.3) is 0 Å². The molecule has 2 rings (SSSR count). The second-order valence-electron chi connectivity index (χ2n) is 6.00. The van der Waals surface area contributed by atoms with Gasteiger partial charge in [0.2, 0.25) is 0 Å². The van der Waals surface area contributed by atoms with Crippen LogP contribution in [0, 0.1) is 13.8 Å². The summed E-state index contributed by atoms with van der Waals surface area (Å²) in [4.78, 5) is 6.49. The maximum Gasteiger partial charge on any atom is 0.193 e. The lowest BCUT2D eigenvalue weighted by molar-refractivity contribution is 0.963. The quantitative estimate of drug-likeness (QED) is 0.422. The number of guanidine groups is 1. The molecular formula is C19H27IN4. The maximum atomic E-state index is 5.95. The van der Waals surface area contributed by atoms with Crippen LogP contribution < -0.4 is 16.0 Å². The number of halogens is 1. The van der Waals surface area contributed by atoms with Crippen LogP contribution in [-0.4, -0.2) is 26.6 Å². The minimum absolute atomic E-state index is 0. The molecule has 0 radical (unpaired) electrons. The molecule has 4 nitrogen and oxygen atoms in total. The fourth-order valence-corrected chi connectivity index (χ4v) is 2.27. The van der Waals surface area contributed by atoms with Gasteiger partial charge in [0.05, 0.1) is 0 Å². The van der Waals surface area contributed by atoms with E-state index in [1.807, 2.05) is 20.2 Å². The molecule has 2 aromatic rings. The standard InChI is InChI=1S/C19H26N4.HI/c1-14-5-8-17(13-15(14)2)22-19(20)21-12-11-16-6-9-18(10-7-16)23(3)4;/h5-10,13H,11-12H2,1-4H3,(H3,20,21,22);1H. The average Bonchev–Trinajstić information content (AvgIpc) is 2.51. The zero-order valence-electron chi connectivity index (χ0n) is 14.8. The van der Waals surface area contributed by atoms with Crippen LogP contribution in [0.5, 0.6) is 0 Å². The van der Waals surface area contributed by atoms with E-state index in [0.717, 1.165) is 12.1 Å². The van der Waals surface area contributed by atoms with Gasteiger partial charge in [-0.3, -0.25) is 4.99 Å². The monoisotopic (exact) mass is 438 g/mol. The van der Waals surface area contributed by atoms with Crippen molar-refractivity contribution >= 4 is 41.3 Å². The normalized spacial score (nSPS) is 10.9. The molecule has 0 amide bonds. The molecule has 0 aliphatic rings. The molecule has 5 heteroatoms. The Bertz CT molecular complexity index is 678. The molecular weight excluding hydrogens is 411 g/mol. The van der Waals surface area contributed by atoms with Gasteiger partial charge in [0.25, 0.3) is 0 Å². The van der Waals surface area contributed by atoms with Crippen LogP contribution in [0.2, 0.25) is 0 Å². The van der Waals surface area contributed by atoms with Crippen molar-refractivity contribution in [3.8, 4) is 0 Å². The summed E-state index contributed by atoms with van der Waals surface area (Å²) in [6.45, 7) is 4.86. The molecule has 0 bridgehead atoms. The van der Waals surface area contributed by atoms with Crippen LogP contribution in [0.1, 0.15) is 16.7 Å². The Hall–Kier alpha value is -1.76. The van der Waals surface area contributed by atoms with Gasteiger partial charge in [-0.05, 0) is 61.2 Å². The molecule has 0 aliphatic heterocycles. The van der Waals surface area contributed by atoms with Gasteiger partial charge in [0.1, 0.15) is 0 Å². The van der Waals surface area contributed by atoms with Gasteiger partial charge >= 0.3 is 0 Å². The minimum atomic E-state index is 0. The van der Waals surface area contributed by atoms with E-state index in [0.29, 0.717) is 12.5 Å². The lowest BCUT2D eigenvalue weighted by Gasteiger charge is -2.12. The summed E-state index contributed by atoms with van der Waals surface area (Å²) in [5.74, 6) is 0.457. The molecule has 3 N–H and O–H groups in total. The summed E-state index contributed by atoms with van der Waals surface area (Å²) in [6, 6.07) is 14.7. The number of nitrogens with one attached hydrogen (secondary N) is 1. The van der Waals surface area contributed by atoms with Crippen molar-refractivity contribution in [3.63, 3.8) is 0 Å². The van der Waals surface area contributed by atoms with Crippen LogP contribution in [-0.2, 0) is 6.42 Å². The number of aliphatic imine (C=N–C) groups is 1. The van der Waals surface area contributed by atoms with Gasteiger partial charge in [-0.2, -0.15) is 0 Å². The highest BCUT2D eigenvalue weighted by Crippen LogP contribution is 2.14. The zero-order chi connectivity index (χ0) is 16.8. The third-order valence-electron chi connectivity index (χ3n) is 3.91. The number of hydrogen-bond donors (Lipinski definition) is 2. The molecule has 0 unspecified atom stereocenters. The molecule has 0 atom stereocenters. The highest BCUT2D eigenvalue weighted by atomic mass is 127. The Morgan fingerprint density at radius 1 is 1.04 bits per heavy atom. The Balaban J connectivity index is 0.00000288. The highest BCUT2D eigenvalue weighted by Gasteiger charge is 1.99. The molecule has 0 fully saturated rings. The van der Waals surface area contributed by atoms with Gasteiger partial charge in [-0.1, -0.05) is 18.2 Å². The van der Waals surface area contributed by atoms with Gasteiger partial charge in [0, 0.05) is 32.0 Å². The van der Waals surface area contributed by atoms with Crippen molar-refractivity contribution in [2.45, 2.75) is 20.3 Å². The van der Waals surface area contributed by atoms with E-state index in [-0.39, 0.29) is 24.0 Å². The molecule has 0 spiro atoms. The van der Waals surface area contributed by atoms with Gasteiger partial charge in [0.15, 0.2) is 5.96 Å². The van der Waals surface area contributed by atoms with Crippen molar-refractivity contribution < 1.29 is 0 Å². The van der Waals surface area contributed by atoms with Crippen LogP contribution in [0.4, 0.5) is 11.4 Å². The molecule has 0 aromatic heterocycles. The molecule has 0 heterocycles. The van der Waals surface area contributed by atoms with Crippen molar-refractivity contribution in [2.75, 3.05) is 30.9 Å². The topological polar surface area (TPSA) is 53.6 Å². The lowest BCUT2D eigenvalue weighted by Crippen LogP contribution is -2.23. The predicted molar refractivity (Wildman–Crippen MR) is 116 cm³/mol. The van der Waals surface area contributed by atoms with E-state index in [1.54, 1.807) is 0 Å². The summed E-state index contributed by atoms with van der Waals surface area (Å²) in [5, 5.41) is 3.14. The van der Waals surface area contributed by atoms with Gasteiger partial charge < -0.3 is 16.0 Å².